The van der Waals surface area contributed by atoms with Gasteiger partial charge >= 0.3 is 0 Å². The fraction of sp³-hybridized carbons (Fsp3) is 0.500. The van der Waals surface area contributed by atoms with Crippen LogP contribution in [0.15, 0.2) is 18.2 Å². The van der Waals surface area contributed by atoms with E-state index in [9.17, 15) is 0 Å². The molecule has 0 heterocycles. The van der Waals surface area contributed by atoms with E-state index in [-0.39, 0.29) is 0 Å². The Hall–Kier alpha value is -0.690. The van der Waals surface area contributed by atoms with Crippen molar-refractivity contribution in [3.8, 4) is 5.75 Å². The van der Waals surface area contributed by atoms with Gasteiger partial charge < -0.3 is 4.74 Å². The van der Waals surface area contributed by atoms with E-state index >= 15 is 0 Å². The lowest BCUT2D eigenvalue weighted by Gasteiger charge is -2.11. The van der Waals surface area contributed by atoms with E-state index in [2.05, 4.69) is 20.8 Å². The molecule has 1 rings (SSSR count). The Morgan fingerprint density at radius 1 is 1.36 bits per heavy atom. The molecule has 0 saturated heterocycles. The van der Waals surface area contributed by atoms with Gasteiger partial charge in [0.1, 0.15) is 5.75 Å². The topological polar surface area (TPSA) is 9.23 Å². The zero-order valence-electron chi connectivity index (χ0n) is 9.01. The van der Waals surface area contributed by atoms with E-state index in [1.807, 2.05) is 18.2 Å². The molecule has 0 N–H and O–H groups in total. The van der Waals surface area contributed by atoms with E-state index in [1.54, 1.807) is 0 Å². The van der Waals surface area contributed by atoms with Gasteiger partial charge in [-0.3, -0.25) is 0 Å². The van der Waals surface area contributed by atoms with Crippen LogP contribution in [-0.2, 0) is 0 Å². The van der Waals surface area contributed by atoms with Crippen molar-refractivity contribution in [1.29, 1.82) is 0 Å². The Labute approximate surface area is 91.0 Å². The summed E-state index contributed by atoms with van der Waals surface area (Å²) in [6, 6.07) is 5.86. The van der Waals surface area contributed by atoms with Gasteiger partial charge in [-0.1, -0.05) is 32.4 Å². The summed E-state index contributed by atoms with van der Waals surface area (Å²) in [6.45, 7) is 7.12. The Bertz CT molecular complexity index is 294. The third kappa shape index (κ3) is 2.91. The zero-order valence-corrected chi connectivity index (χ0v) is 9.77. The summed E-state index contributed by atoms with van der Waals surface area (Å²) in [4.78, 5) is 0. The number of hydrogen-bond donors (Lipinski definition) is 0. The molecule has 0 aliphatic rings. The molecule has 1 nitrogen and oxygen atoms in total. The number of hydrogen-bond acceptors (Lipinski definition) is 1. The summed E-state index contributed by atoms with van der Waals surface area (Å²) >= 11 is 6.07. The highest BCUT2D eigenvalue weighted by Gasteiger charge is 2.06. The monoisotopic (exact) mass is 212 g/mol. The van der Waals surface area contributed by atoms with Crippen LogP contribution in [0.25, 0.3) is 0 Å². The van der Waals surface area contributed by atoms with E-state index < -0.39 is 0 Å². The molecule has 0 radical (unpaired) electrons. The maximum atomic E-state index is 6.07. The zero-order chi connectivity index (χ0) is 10.6. The van der Waals surface area contributed by atoms with Crippen molar-refractivity contribution >= 4 is 11.6 Å². The molecule has 0 aliphatic heterocycles. The summed E-state index contributed by atoms with van der Waals surface area (Å²) in [7, 11) is 0. The fourth-order valence-electron chi connectivity index (χ4n) is 1.27. The van der Waals surface area contributed by atoms with Gasteiger partial charge in [0.2, 0.25) is 0 Å². The van der Waals surface area contributed by atoms with Crippen LogP contribution in [0.3, 0.4) is 0 Å². The van der Waals surface area contributed by atoms with Crippen molar-refractivity contribution in [3.05, 3.63) is 28.8 Å². The molecule has 1 aromatic carbocycles. The number of benzene rings is 1. The van der Waals surface area contributed by atoms with Crippen molar-refractivity contribution in [2.45, 2.75) is 33.1 Å². The summed E-state index contributed by atoms with van der Waals surface area (Å²) in [6.07, 6.45) is 1.03. The molecule has 1 aromatic rings. The second kappa shape index (κ2) is 5.26. The third-order valence-electron chi connectivity index (χ3n) is 2.06. The van der Waals surface area contributed by atoms with Gasteiger partial charge in [0, 0.05) is 5.02 Å². The Morgan fingerprint density at radius 3 is 2.64 bits per heavy atom. The van der Waals surface area contributed by atoms with Gasteiger partial charge in [-0.05, 0) is 36.1 Å². The SMILES string of the molecule is CCCOc1ccc(Cl)c(C(C)C)c1. The van der Waals surface area contributed by atoms with Gasteiger partial charge in [0.25, 0.3) is 0 Å². The second-order valence-corrected chi connectivity index (χ2v) is 4.09. The largest absolute Gasteiger partial charge is 0.494 e. The van der Waals surface area contributed by atoms with Crippen molar-refractivity contribution in [3.63, 3.8) is 0 Å². The average Bonchev–Trinajstić information content (AvgIpc) is 2.16. The van der Waals surface area contributed by atoms with Crippen molar-refractivity contribution in [1.82, 2.24) is 0 Å². The lowest BCUT2D eigenvalue weighted by molar-refractivity contribution is 0.317. The van der Waals surface area contributed by atoms with Crippen LogP contribution < -0.4 is 4.74 Å². The van der Waals surface area contributed by atoms with Crippen LogP contribution in [0.2, 0.25) is 5.02 Å². The Kier molecular flexibility index (Phi) is 4.27. The summed E-state index contributed by atoms with van der Waals surface area (Å²) in [5, 5.41) is 0.823. The molecule has 0 amide bonds. The number of ether oxygens (including phenoxy) is 1. The van der Waals surface area contributed by atoms with Crippen molar-refractivity contribution < 1.29 is 4.74 Å². The first-order chi connectivity index (χ1) is 6.65. The number of halogens is 1. The highest BCUT2D eigenvalue weighted by atomic mass is 35.5. The second-order valence-electron chi connectivity index (χ2n) is 3.69. The van der Waals surface area contributed by atoms with E-state index in [0.717, 1.165) is 29.4 Å². The Morgan fingerprint density at radius 2 is 2.07 bits per heavy atom. The third-order valence-corrected chi connectivity index (χ3v) is 2.41. The molecule has 78 valence electrons. The smallest absolute Gasteiger partial charge is 0.119 e. The predicted octanol–water partition coefficient (Wildman–Crippen LogP) is 4.25. The standard InChI is InChI=1S/C12H17ClO/c1-4-7-14-10-5-6-12(13)11(8-10)9(2)3/h5-6,8-9H,4,7H2,1-3H3. The van der Waals surface area contributed by atoms with Crippen molar-refractivity contribution in [2.75, 3.05) is 6.61 Å². The summed E-state index contributed by atoms with van der Waals surface area (Å²) in [5.41, 5.74) is 1.15. The van der Waals surface area contributed by atoms with Crippen LogP contribution in [0.4, 0.5) is 0 Å². The summed E-state index contributed by atoms with van der Waals surface area (Å²) < 4.78 is 5.54. The highest BCUT2D eigenvalue weighted by molar-refractivity contribution is 6.31. The molecule has 0 aromatic heterocycles. The van der Waals surface area contributed by atoms with Crippen LogP contribution in [0.1, 0.15) is 38.7 Å². The minimum absolute atomic E-state index is 0.438. The molecule has 0 atom stereocenters. The minimum atomic E-state index is 0.438. The number of rotatable bonds is 4. The van der Waals surface area contributed by atoms with Crippen molar-refractivity contribution in [2.24, 2.45) is 0 Å². The van der Waals surface area contributed by atoms with Crippen LogP contribution >= 0.6 is 11.6 Å². The minimum Gasteiger partial charge on any atom is -0.494 e. The van der Waals surface area contributed by atoms with E-state index in [0.29, 0.717) is 5.92 Å². The molecule has 0 aliphatic carbocycles. The molecule has 2 heteroatoms. The highest BCUT2D eigenvalue weighted by Crippen LogP contribution is 2.28. The molecular formula is C12H17ClO. The van der Waals surface area contributed by atoms with Gasteiger partial charge in [0.15, 0.2) is 0 Å². The van der Waals surface area contributed by atoms with E-state index in [4.69, 9.17) is 16.3 Å². The first-order valence-electron chi connectivity index (χ1n) is 5.07. The first kappa shape index (κ1) is 11.4. The van der Waals surface area contributed by atoms with Crippen LogP contribution in [0, 0.1) is 0 Å². The molecule has 0 fully saturated rings. The molecule has 0 spiro atoms. The van der Waals surface area contributed by atoms with Gasteiger partial charge in [0.05, 0.1) is 6.61 Å². The molecule has 14 heavy (non-hydrogen) atoms. The maximum Gasteiger partial charge on any atom is 0.119 e. The fourth-order valence-corrected chi connectivity index (χ4v) is 1.61. The van der Waals surface area contributed by atoms with Gasteiger partial charge in [-0.25, -0.2) is 0 Å². The predicted molar refractivity (Wildman–Crippen MR) is 61.3 cm³/mol. The first-order valence-corrected chi connectivity index (χ1v) is 5.45. The normalized spacial score (nSPS) is 10.6. The lowest BCUT2D eigenvalue weighted by atomic mass is 10.0. The van der Waals surface area contributed by atoms with Crippen LogP contribution in [-0.4, -0.2) is 6.61 Å². The quantitative estimate of drug-likeness (QED) is 0.725. The average molecular weight is 213 g/mol. The summed E-state index contributed by atoms with van der Waals surface area (Å²) in [5.74, 6) is 1.35. The molecular weight excluding hydrogens is 196 g/mol. The molecule has 0 bridgehead atoms. The van der Waals surface area contributed by atoms with Gasteiger partial charge in [-0.15, -0.1) is 0 Å². The lowest BCUT2D eigenvalue weighted by Crippen LogP contribution is -1.96. The maximum absolute atomic E-state index is 6.07. The Balaban J connectivity index is 2.83. The van der Waals surface area contributed by atoms with E-state index in [1.165, 1.54) is 0 Å². The molecule has 0 saturated carbocycles. The molecule has 0 unspecified atom stereocenters. The van der Waals surface area contributed by atoms with Gasteiger partial charge in [-0.2, -0.15) is 0 Å². The van der Waals surface area contributed by atoms with Crippen LogP contribution in [0.5, 0.6) is 5.75 Å².